The Labute approximate surface area is 147 Å². The Morgan fingerprint density at radius 1 is 1.20 bits per heavy atom. The van der Waals surface area contributed by atoms with Crippen molar-refractivity contribution in [1.29, 1.82) is 0 Å². The standard InChI is InChI=1S/C19H24N2O4/c1-12(2)11-25-18(24)19-10-9-16(22)21(19)15-8-6-5-7-14(15)17(23)20(19)13(3)4/h5-8,12-13H,9-11H2,1-4H3. The largest absolute Gasteiger partial charge is 0.462 e. The zero-order valence-electron chi connectivity index (χ0n) is 15.1. The summed E-state index contributed by atoms with van der Waals surface area (Å²) in [5.41, 5.74) is -0.446. The lowest BCUT2D eigenvalue weighted by Gasteiger charge is -2.50. The van der Waals surface area contributed by atoms with Crippen molar-refractivity contribution in [2.45, 2.75) is 52.2 Å². The highest BCUT2D eigenvalue weighted by atomic mass is 16.5. The smallest absolute Gasteiger partial charge is 0.353 e. The van der Waals surface area contributed by atoms with E-state index >= 15 is 0 Å². The van der Waals surface area contributed by atoms with Crippen molar-refractivity contribution in [3.05, 3.63) is 29.8 Å². The maximum atomic E-state index is 13.1. The number of hydrogen-bond acceptors (Lipinski definition) is 4. The van der Waals surface area contributed by atoms with Crippen LogP contribution in [0.1, 0.15) is 50.9 Å². The molecule has 1 aromatic rings. The fourth-order valence-corrected chi connectivity index (χ4v) is 3.73. The van der Waals surface area contributed by atoms with Crippen LogP contribution in [0, 0.1) is 5.92 Å². The number of hydrogen-bond donors (Lipinski definition) is 0. The van der Waals surface area contributed by atoms with Gasteiger partial charge in [-0.05, 0) is 31.9 Å². The van der Waals surface area contributed by atoms with E-state index in [4.69, 9.17) is 4.74 Å². The number of carbonyl (C=O) groups is 3. The Morgan fingerprint density at radius 2 is 1.88 bits per heavy atom. The molecule has 3 rings (SSSR count). The molecule has 0 aliphatic carbocycles. The molecule has 0 N–H and O–H groups in total. The molecule has 2 aliphatic rings. The van der Waals surface area contributed by atoms with Gasteiger partial charge in [-0.2, -0.15) is 0 Å². The van der Waals surface area contributed by atoms with E-state index in [2.05, 4.69) is 0 Å². The van der Waals surface area contributed by atoms with Gasteiger partial charge in [0.05, 0.1) is 17.9 Å². The summed E-state index contributed by atoms with van der Waals surface area (Å²) in [5, 5.41) is 0. The lowest BCUT2D eigenvalue weighted by Crippen LogP contribution is -2.70. The predicted molar refractivity (Wildman–Crippen MR) is 93.0 cm³/mol. The van der Waals surface area contributed by atoms with Gasteiger partial charge in [0.25, 0.3) is 5.91 Å². The van der Waals surface area contributed by atoms with Crippen LogP contribution in [0.15, 0.2) is 24.3 Å². The second kappa shape index (κ2) is 6.17. The molecule has 0 radical (unpaired) electrons. The van der Waals surface area contributed by atoms with Crippen LogP contribution in [0.25, 0.3) is 0 Å². The van der Waals surface area contributed by atoms with Gasteiger partial charge in [0.1, 0.15) is 0 Å². The maximum absolute atomic E-state index is 13.1. The van der Waals surface area contributed by atoms with Gasteiger partial charge >= 0.3 is 5.97 Å². The van der Waals surface area contributed by atoms with Gasteiger partial charge in [0.15, 0.2) is 0 Å². The van der Waals surface area contributed by atoms with Crippen LogP contribution >= 0.6 is 0 Å². The highest BCUT2D eigenvalue weighted by Crippen LogP contribution is 2.45. The normalized spacial score (nSPS) is 22.5. The average Bonchev–Trinajstić information content (AvgIpc) is 2.91. The molecule has 6 nitrogen and oxygen atoms in total. The summed E-state index contributed by atoms with van der Waals surface area (Å²) in [6, 6.07) is 6.70. The molecule has 1 unspecified atom stereocenters. The van der Waals surface area contributed by atoms with E-state index in [1.54, 1.807) is 24.3 Å². The quantitative estimate of drug-likeness (QED) is 0.788. The number of carbonyl (C=O) groups excluding carboxylic acids is 3. The van der Waals surface area contributed by atoms with Crippen LogP contribution in [0.3, 0.4) is 0 Å². The molecule has 1 aromatic carbocycles. The highest BCUT2D eigenvalue weighted by molar-refractivity contribution is 6.15. The van der Waals surface area contributed by atoms with Crippen LogP contribution in [0.2, 0.25) is 0 Å². The third-order valence-electron chi connectivity index (χ3n) is 4.69. The minimum absolute atomic E-state index is 0.160. The molecule has 0 spiro atoms. The van der Waals surface area contributed by atoms with Crippen molar-refractivity contribution in [3.8, 4) is 0 Å². The fraction of sp³-hybridized carbons (Fsp3) is 0.526. The number of anilines is 1. The fourth-order valence-electron chi connectivity index (χ4n) is 3.73. The van der Waals surface area contributed by atoms with Gasteiger partial charge in [-0.3, -0.25) is 14.5 Å². The lowest BCUT2D eigenvalue weighted by atomic mass is 9.95. The SMILES string of the molecule is CC(C)COC(=O)C12CCC(=O)N1c1ccccc1C(=O)N2C(C)C. The number of esters is 1. The van der Waals surface area contributed by atoms with Gasteiger partial charge in [0, 0.05) is 18.9 Å². The third-order valence-corrected chi connectivity index (χ3v) is 4.69. The topological polar surface area (TPSA) is 66.9 Å². The number of ether oxygens (including phenoxy) is 1. The van der Waals surface area contributed by atoms with E-state index < -0.39 is 11.6 Å². The van der Waals surface area contributed by atoms with E-state index in [0.717, 1.165) is 0 Å². The maximum Gasteiger partial charge on any atom is 0.353 e. The first-order valence-corrected chi connectivity index (χ1v) is 8.73. The van der Waals surface area contributed by atoms with Gasteiger partial charge < -0.3 is 9.64 Å². The van der Waals surface area contributed by atoms with E-state index in [9.17, 15) is 14.4 Å². The van der Waals surface area contributed by atoms with Crippen LogP contribution in [-0.4, -0.2) is 41.0 Å². The number of fused-ring (bicyclic) bond motifs is 3. The van der Waals surface area contributed by atoms with Crippen molar-refractivity contribution >= 4 is 23.5 Å². The molecule has 1 saturated heterocycles. The monoisotopic (exact) mass is 344 g/mol. The number of nitrogens with zero attached hydrogens (tertiary/aromatic N) is 2. The minimum atomic E-state index is -1.38. The van der Waals surface area contributed by atoms with Crippen molar-refractivity contribution in [1.82, 2.24) is 4.90 Å². The molecular formula is C19H24N2O4. The molecular weight excluding hydrogens is 320 g/mol. The summed E-state index contributed by atoms with van der Waals surface area (Å²) in [5.74, 6) is -0.751. The molecule has 6 heteroatoms. The Kier molecular flexibility index (Phi) is 4.31. The van der Waals surface area contributed by atoms with Crippen molar-refractivity contribution in [3.63, 3.8) is 0 Å². The van der Waals surface area contributed by atoms with Gasteiger partial charge in [-0.25, -0.2) is 4.79 Å². The second-order valence-corrected chi connectivity index (χ2v) is 7.32. The second-order valence-electron chi connectivity index (χ2n) is 7.32. The van der Waals surface area contributed by atoms with Gasteiger partial charge in [0.2, 0.25) is 11.6 Å². The number of rotatable bonds is 4. The van der Waals surface area contributed by atoms with Crippen LogP contribution < -0.4 is 4.90 Å². The zero-order chi connectivity index (χ0) is 18.4. The van der Waals surface area contributed by atoms with E-state index in [-0.39, 0.29) is 43.2 Å². The molecule has 2 aliphatic heterocycles. The molecule has 1 fully saturated rings. The third kappa shape index (κ3) is 2.51. The summed E-state index contributed by atoms with van der Waals surface area (Å²) in [6.07, 6.45) is 0.461. The van der Waals surface area contributed by atoms with E-state index in [1.807, 2.05) is 27.7 Å². The molecule has 0 bridgehead atoms. The summed E-state index contributed by atoms with van der Waals surface area (Å²) >= 11 is 0. The molecule has 25 heavy (non-hydrogen) atoms. The number of benzene rings is 1. The number of para-hydroxylation sites is 1. The van der Waals surface area contributed by atoms with Crippen LogP contribution in [-0.2, 0) is 14.3 Å². The Morgan fingerprint density at radius 3 is 2.52 bits per heavy atom. The molecule has 2 amide bonds. The van der Waals surface area contributed by atoms with Gasteiger partial charge in [-0.1, -0.05) is 26.0 Å². The number of amides is 2. The summed E-state index contributed by atoms with van der Waals surface area (Å²) in [4.78, 5) is 41.9. The first-order valence-electron chi connectivity index (χ1n) is 8.73. The first kappa shape index (κ1) is 17.5. The Balaban J connectivity index is 2.17. The first-order chi connectivity index (χ1) is 11.8. The van der Waals surface area contributed by atoms with Crippen molar-refractivity contribution in [2.24, 2.45) is 5.92 Å². The molecule has 0 saturated carbocycles. The predicted octanol–water partition coefficient (Wildman–Crippen LogP) is 2.57. The minimum Gasteiger partial charge on any atom is -0.462 e. The van der Waals surface area contributed by atoms with E-state index in [1.165, 1.54) is 9.80 Å². The van der Waals surface area contributed by atoms with Crippen molar-refractivity contribution < 1.29 is 19.1 Å². The molecule has 0 aromatic heterocycles. The highest BCUT2D eigenvalue weighted by Gasteiger charge is 2.62. The van der Waals surface area contributed by atoms with Crippen LogP contribution in [0.4, 0.5) is 5.69 Å². The lowest BCUT2D eigenvalue weighted by molar-refractivity contribution is -0.159. The Bertz CT molecular complexity index is 728. The molecule has 1 atom stereocenters. The summed E-state index contributed by atoms with van der Waals surface area (Å²) < 4.78 is 5.51. The Hall–Kier alpha value is -2.37. The van der Waals surface area contributed by atoms with Crippen molar-refractivity contribution in [2.75, 3.05) is 11.5 Å². The van der Waals surface area contributed by atoms with Crippen LogP contribution in [0.5, 0.6) is 0 Å². The van der Waals surface area contributed by atoms with Gasteiger partial charge in [-0.15, -0.1) is 0 Å². The summed E-state index contributed by atoms with van der Waals surface area (Å²) in [7, 11) is 0. The summed E-state index contributed by atoms with van der Waals surface area (Å²) in [6.45, 7) is 7.85. The molecule has 2 heterocycles. The molecule has 134 valence electrons. The zero-order valence-corrected chi connectivity index (χ0v) is 15.1. The van der Waals surface area contributed by atoms with E-state index in [0.29, 0.717) is 11.3 Å². The average molecular weight is 344 g/mol.